The van der Waals surface area contributed by atoms with Crippen molar-refractivity contribution in [1.29, 1.82) is 0 Å². The van der Waals surface area contributed by atoms with Crippen molar-refractivity contribution in [3.8, 4) is 0 Å². The van der Waals surface area contributed by atoms with Crippen molar-refractivity contribution in [3.63, 3.8) is 0 Å². The number of hydrogen-bond donors (Lipinski definition) is 1. The SMILES string of the molecule is CCn1c(NC(=O)c2ccc(COC)cc2)nc2ccccc21. The third-order valence-electron chi connectivity index (χ3n) is 3.72. The van der Waals surface area contributed by atoms with Crippen LogP contribution in [0.2, 0.25) is 0 Å². The van der Waals surface area contributed by atoms with Crippen LogP contribution < -0.4 is 5.32 Å². The zero-order valence-corrected chi connectivity index (χ0v) is 13.2. The summed E-state index contributed by atoms with van der Waals surface area (Å²) >= 11 is 0. The summed E-state index contributed by atoms with van der Waals surface area (Å²) in [6.45, 7) is 3.31. The number of imidazole rings is 1. The Balaban J connectivity index is 1.85. The van der Waals surface area contributed by atoms with Crippen molar-refractivity contribution in [2.45, 2.75) is 20.1 Å². The van der Waals surface area contributed by atoms with E-state index in [9.17, 15) is 4.79 Å². The van der Waals surface area contributed by atoms with Crippen molar-refractivity contribution in [2.75, 3.05) is 12.4 Å². The molecular formula is C18H19N3O2. The number of benzene rings is 2. The van der Waals surface area contributed by atoms with Crippen molar-refractivity contribution < 1.29 is 9.53 Å². The van der Waals surface area contributed by atoms with Gasteiger partial charge in [-0.1, -0.05) is 24.3 Å². The maximum absolute atomic E-state index is 12.4. The van der Waals surface area contributed by atoms with E-state index in [4.69, 9.17) is 4.74 Å². The van der Waals surface area contributed by atoms with E-state index in [0.29, 0.717) is 18.1 Å². The van der Waals surface area contributed by atoms with E-state index in [2.05, 4.69) is 10.3 Å². The van der Waals surface area contributed by atoms with Gasteiger partial charge in [-0.15, -0.1) is 0 Å². The predicted octanol–water partition coefficient (Wildman–Crippen LogP) is 3.45. The molecule has 5 heteroatoms. The van der Waals surface area contributed by atoms with Gasteiger partial charge < -0.3 is 9.30 Å². The monoisotopic (exact) mass is 309 g/mol. The van der Waals surface area contributed by atoms with Crippen molar-refractivity contribution >= 4 is 22.9 Å². The summed E-state index contributed by atoms with van der Waals surface area (Å²) in [6.07, 6.45) is 0. The molecule has 1 amide bonds. The lowest BCUT2D eigenvalue weighted by atomic mass is 10.1. The Morgan fingerprint density at radius 2 is 1.91 bits per heavy atom. The van der Waals surface area contributed by atoms with E-state index in [1.807, 2.05) is 47.9 Å². The second kappa shape index (κ2) is 6.62. The Labute approximate surface area is 134 Å². The third kappa shape index (κ3) is 3.10. The summed E-state index contributed by atoms with van der Waals surface area (Å²) in [5, 5.41) is 2.90. The van der Waals surface area contributed by atoms with Gasteiger partial charge in [-0.3, -0.25) is 10.1 Å². The predicted molar refractivity (Wildman–Crippen MR) is 90.5 cm³/mol. The number of ether oxygens (including phenoxy) is 1. The molecule has 3 rings (SSSR count). The number of methoxy groups -OCH3 is 1. The molecule has 0 saturated carbocycles. The number of aryl methyl sites for hydroxylation is 1. The Morgan fingerprint density at radius 3 is 2.61 bits per heavy atom. The number of fused-ring (bicyclic) bond motifs is 1. The number of anilines is 1. The normalized spacial score (nSPS) is 10.9. The topological polar surface area (TPSA) is 56.2 Å². The summed E-state index contributed by atoms with van der Waals surface area (Å²) in [7, 11) is 1.65. The fourth-order valence-corrected chi connectivity index (χ4v) is 2.58. The average Bonchev–Trinajstić information content (AvgIpc) is 2.92. The van der Waals surface area contributed by atoms with Crippen LogP contribution in [-0.2, 0) is 17.9 Å². The number of nitrogens with one attached hydrogen (secondary N) is 1. The molecule has 5 nitrogen and oxygen atoms in total. The van der Waals surface area contributed by atoms with Gasteiger partial charge in [-0.25, -0.2) is 4.98 Å². The van der Waals surface area contributed by atoms with Gasteiger partial charge in [0.1, 0.15) is 0 Å². The lowest BCUT2D eigenvalue weighted by molar-refractivity contribution is 0.102. The van der Waals surface area contributed by atoms with Gasteiger partial charge in [0.05, 0.1) is 17.6 Å². The van der Waals surface area contributed by atoms with E-state index < -0.39 is 0 Å². The first kappa shape index (κ1) is 15.2. The maximum atomic E-state index is 12.4. The molecule has 1 heterocycles. The number of amides is 1. The first-order valence-corrected chi connectivity index (χ1v) is 7.57. The smallest absolute Gasteiger partial charge is 0.257 e. The molecule has 0 radical (unpaired) electrons. The molecule has 1 aromatic heterocycles. The molecule has 0 aliphatic rings. The molecule has 1 N–H and O–H groups in total. The highest BCUT2D eigenvalue weighted by Crippen LogP contribution is 2.20. The molecule has 0 aliphatic carbocycles. The van der Waals surface area contributed by atoms with Gasteiger partial charge in [0, 0.05) is 19.2 Å². The fraction of sp³-hybridized carbons (Fsp3) is 0.222. The van der Waals surface area contributed by atoms with Crippen molar-refractivity contribution in [3.05, 3.63) is 59.7 Å². The summed E-state index contributed by atoms with van der Waals surface area (Å²) in [5.41, 5.74) is 3.52. The molecule has 118 valence electrons. The first-order chi connectivity index (χ1) is 11.2. The number of aromatic nitrogens is 2. The lowest BCUT2D eigenvalue weighted by Gasteiger charge is -2.08. The van der Waals surface area contributed by atoms with Gasteiger partial charge in [0.15, 0.2) is 0 Å². The van der Waals surface area contributed by atoms with E-state index >= 15 is 0 Å². The molecule has 0 fully saturated rings. The Bertz CT molecular complexity index is 822. The standard InChI is InChI=1S/C18H19N3O2/c1-3-21-16-7-5-4-6-15(16)19-18(21)20-17(22)14-10-8-13(9-11-14)12-23-2/h4-11H,3,12H2,1-2H3,(H,19,20,22). The van der Waals surface area contributed by atoms with Crippen LogP contribution in [0.25, 0.3) is 11.0 Å². The van der Waals surface area contributed by atoms with Crippen molar-refractivity contribution in [1.82, 2.24) is 9.55 Å². The first-order valence-electron chi connectivity index (χ1n) is 7.57. The van der Waals surface area contributed by atoms with Gasteiger partial charge in [0.25, 0.3) is 5.91 Å². The van der Waals surface area contributed by atoms with E-state index in [0.717, 1.165) is 23.1 Å². The van der Waals surface area contributed by atoms with Crippen molar-refractivity contribution in [2.24, 2.45) is 0 Å². The number of hydrogen-bond acceptors (Lipinski definition) is 3. The minimum atomic E-state index is -0.168. The molecule has 0 saturated heterocycles. The molecule has 0 atom stereocenters. The zero-order chi connectivity index (χ0) is 16.2. The van der Waals surface area contributed by atoms with E-state index in [1.165, 1.54) is 0 Å². The highest BCUT2D eigenvalue weighted by Gasteiger charge is 2.13. The van der Waals surface area contributed by atoms with Crippen LogP contribution in [0.15, 0.2) is 48.5 Å². The molecule has 0 unspecified atom stereocenters. The third-order valence-corrected chi connectivity index (χ3v) is 3.72. The molecule has 0 aliphatic heterocycles. The Morgan fingerprint density at radius 1 is 1.17 bits per heavy atom. The van der Waals surface area contributed by atoms with Crippen LogP contribution in [0.3, 0.4) is 0 Å². The number of nitrogens with zero attached hydrogens (tertiary/aromatic N) is 2. The minimum Gasteiger partial charge on any atom is -0.380 e. The van der Waals surface area contributed by atoms with Crippen LogP contribution >= 0.6 is 0 Å². The highest BCUT2D eigenvalue weighted by atomic mass is 16.5. The van der Waals surface area contributed by atoms with Crippen LogP contribution in [0.5, 0.6) is 0 Å². The zero-order valence-electron chi connectivity index (χ0n) is 13.2. The molecule has 23 heavy (non-hydrogen) atoms. The summed E-state index contributed by atoms with van der Waals surface area (Å²) < 4.78 is 7.07. The van der Waals surface area contributed by atoms with Crippen LogP contribution in [-0.4, -0.2) is 22.6 Å². The number of para-hydroxylation sites is 2. The molecule has 0 spiro atoms. The lowest BCUT2D eigenvalue weighted by Crippen LogP contribution is -2.15. The summed E-state index contributed by atoms with van der Waals surface area (Å²) in [4.78, 5) is 16.9. The van der Waals surface area contributed by atoms with E-state index in [-0.39, 0.29) is 5.91 Å². The van der Waals surface area contributed by atoms with Crippen LogP contribution in [0.1, 0.15) is 22.8 Å². The van der Waals surface area contributed by atoms with Gasteiger partial charge in [0.2, 0.25) is 5.95 Å². The Kier molecular flexibility index (Phi) is 4.39. The fourth-order valence-electron chi connectivity index (χ4n) is 2.58. The average molecular weight is 309 g/mol. The van der Waals surface area contributed by atoms with Gasteiger partial charge >= 0.3 is 0 Å². The quantitative estimate of drug-likeness (QED) is 0.785. The summed E-state index contributed by atoms with van der Waals surface area (Å²) in [5.74, 6) is 0.402. The van der Waals surface area contributed by atoms with E-state index in [1.54, 1.807) is 19.2 Å². The molecule has 2 aromatic carbocycles. The maximum Gasteiger partial charge on any atom is 0.257 e. The molecule has 0 bridgehead atoms. The molecule has 3 aromatic rings. The number of rotatable bonds is 5. The summed E-state index contributed by atoms with van der Waals surface area (Å²) in [6, 6.07) is 15.2. The number of carbonyl (C=O) groups excluding carboxylic acids is 1. The van der Waals surface area contributed by atoms with Gasteiger partial charge in [-0.2, -0.15) is 0 Å². The second-order valence-corrected chi connectivity index (χ2v) is 5.25. The second-order valence-electron chi connectivity index (χ2n) is 5.25. The minimum absolute atomic E-state index is 0.168. The largest absolute Gasteiger partial charge is 0.380 e. The van der Waals surface area contributed by atoms with Crippen LogP contribution in [0.4, 0.5) is 5.95 Å². The van der Waals surface area contributed by atoms with Gasteiger partial charge in [-0.05, 0) is 36.8 Å². The molecular weight excluding hydrogens is 290 g/mol. The van der Waals surface area contributed by atoms with Crippen LogP contribution in [0, 0.1) is 0 Å². The Hall–Kier alpha value is -2.66. The highest BCUT2D eigenvalue weighted by molar-refractivity contribution is 6.04. The number of carbonyl (C=O) groups is 1.